The van der Waals surface area contributed by atoms with Crippen LogP contribution in [0.25, 0.3) is 0 Å². The van der Waals surface area contributed by atoms with Crippen molar-refractivity contribution in [1.29, 1.82) is 0 Å². The lowest BCUT2D eigenvalue weighted by molar-refractivity contribution is 0.0348. The number of ether oxygens (including phenoxy) is 1. The van der Waals surface area contributed by atoms with Gasteiger partial charge < -0.3 is 15.2 Å². The number of aliphatic hydroxyl groups excluding tert-OH is 1. The summed E-state index contributed by atoms with van der Waals surface area (Å²) >= 11 is 3.27. The second-order valence-electron chi connectivity index (χ2n) is 4.63. The number of nitrogens with one attached hydrogen (secondary N) is 1. The van der Waals surface area contributed by atoms with Gasteiger partial charge in [-0.1, -0.05) is 36.4 Å². The van der Waals surface area contributed by atoms with Gasteiger partial charge in [0.15, 0.2) is 0 Å². The molecule has 112 valence electrons. The van der Waals surface area contributed by atoms with Gasteiger partial charge in [0.2, 0.25) is 0 Å². The van der Waals surface area contributed by atoms with Gasteiger partial charge in [-0.05, 0) is 33.6 Å². The average Bonchev–Trinajstić information content (AvgIpc) is 2.48. The van der Waals surface area contributed by atoms with Crippen molar-refractivity contribution < 1.29 is 14.2 Å². The highest BCUT2D eigenvalue weighted by Crippen LogP contribution is 2.24. The molecule has 0 aliphatic heterocycles. The van der Waals surface area contributed by atoms with Crippen LogP contribution in [0.15, 0.2) is 53.0 Å². The fraction of sp³-hybridized carbons (Fsp3) is 0.250. The second kappa shape index (κ2) is 8.12. The van der Waals surface area contributed by atoms with E-state index < -0.39 is 6.10 Å². The number of para-hydroxylation sites is 1. The van der Waals surface area contributed by atoms with E-state index >= 15 is 0 Å². The summed E-state index contributed by atoms with van der Waals surface area (Å²) in [5.74, 6) is -0.359. The molecule has 0 saturated heterocycles. The number of rotatable bonds is 7. The summed E-state index contributed by atoms with van der Waals surface area (Å²) in [5, 5.41) is 12.7. The molecule has 0 fully saturated rings. The third kappa shape index (κ3) is 5.12. The summed E-state index contributed by atoms with van der Waals surface area (Å²) in [6.07, 6.45) is -0.708. The van der Waals surface area contributed by atoms with Crippen LogP contribution >= 0.6 is 15.9 Å². The molecule has 1 atom stereocenters. The van der Waals surface area contributed by atoms with Crippen molar-refractivity contribution in [3.63, 3.8) is 0 Å². The van der Waals surface area contributed by atoms with Crippen LogP contribution in [0.3, 0.4) is 0 Å². The Labute approximate surface area is 131 Å². The van der Waals surface area contributed by atoms with Crippen molar-refractivity contribution in [2.75, 3.05) is 18.5 Å². The van der Waals surface area contributed by atoms with E-state index in [-0.39, 0.29) is 19.0 Å². The molecule has 5 heteroatoms. The van der Waals surface area contributed by atoms with Gasteiger partial charge in [-0.3, -0.25) is 0 Å². The molecule has 0 aliphatic carbocycles. The third-order valence-electron chi connectivity index (χ3n) is 2.90. The van der Waals surface area contributed by atoms with Crippen LogP contribution < -0.4 is 5.32 Å². The Morgan fingerprint density at radius 3 is 2.62 bits per heavy atom. The number of benzene rings is 2. The quantitative estimate of drug-likeness (QED) is 0.799. The zero-order valence-electron chi connectivity index (χ0n) is 11.4. The Kier molecular flexibility index (Phi) is 6.17. The van der Waals surface area contributed by atoms with Crippen LogP contribution in [0.1, 0.15) is 5.56 Å². The minimum Gasteiger partial charge on any atom is -0.389 e. The maximum absolute atomic E-state index is 13.6. The van der Waals surface area contributed by atoms with Crippen LogP contribution in [0, 0.1) is 5.82 Å². The summed E-state index contributed by atoms with van der Waals surface area (Å²) < 4.78 is 19.6. The van der Waals surface area contributed by atoms with Crippen molar-refractivity contribution in [1.82, 2.24) is 0 Å². The summed E-state index contributed by atoms with van der Waals surface area (Å²) in [6.45, 7) is 0.851. The van der Waals surface area contributed by atoms with Crippen molar-refractivity contribution in [2.45, 2.75) is 12.7 Å². The maximum Gasteiger partial charge on any atom is 0.147 e. The van der Waals surface area contributed by atoms with Crippen LogP contribution in [-0.4, -0.2) is 24.4 Å². The number of halogens is 2. The minimum absolute atomic E-state index is 0.188. The monoisotopic (exact) mass is 353 g/mol. The lowest BCUT2D eigenvalue weighted by Crippen LogP contribution is -2.25. The number of hydrogen-bond donors (Lipinski definition) is 2. The van der Waals surface area contributed by atoms with E-state index in [2.05, 4.69) is 21.2 Å². The Morgan fingerprint density at radius 2 is 1.90 bits per heavy atom. The molecule has 0 radical (unpaired) electrons. The van der Waals surface area contributed by atoms with Crippen molar-refractivity contribution >= 4 is 21.6 Å². The predicted molar refractivity (Wildman–Crippen MR) is 84.7 cm³/mol. The van der Waals surface area contributed by atoms with E-state index in [0.717, 1.165) is 5.56 Å². The summed E-state index contributed by atoms with van der Waals surface area (Å²) in [5.41, 5.74) is 1.40. The molecule has 2 aromatic carbocycles. The molecule has 2 N–H and O–H groups in total. The van der Waals surface area contributed by atoms with Crippen molar-refractivity contribution in [3.8, 4) is 0 Å². The highest BCUT2D eigenvalue weighted by molar-refractivity contribution is 9.10. The van der Waals surface area contributed by atoms with Gasteiger partial charge in [-0.2, -0.15) is 0 Å². The van der Waals surface area contributed by atoms with Crippen LogP contribution in [0.4, 0.5) is 10.1 Å². The zero-order valence-corrected chi connectivity index (χ0v) is 13.0. The standard InChI is InChI=1S/C16H17BrFNO2/c17-14-7-4-8-15(18)16(14)19-9-13(20)11-21-10-12-5-2-1-3-6-12/h1-8,13,19-20H,9-11H2. The number of hydrogen-bond acceptors (Lipinski definition) is 3. The molecule has 0 aliphatic rings. The highest BCUT2D eigenvalue weighted by Gasteiger charge is 2.09. The van der Waals surface area contributed by atoms with Gasteiger partial charge in [-0.25, -0.2) is 4.39 Å². The Hall–Kier alpha value is -1.43. The number of aliphatic hydroxyl groups is 1. The fourth-order valence-corrected chi connectivity index (χ4v) is 2.31. The Balaban J connectivity index is 1.74. The van der Waals surface area contributed by atoms with E-state index in [1.807, 2.05) is 30.3 Å². The second-order valence-corrected chi connectivity index (χ2v) is 5.49. The third-order valence-corrected chi connectivity index (χ3v) is 3.56. The lowest BCUT2D eigenvalue weighted by Gasteiger charge is -2.14. The molecular formula is C16H17BrFNO2. The van der Waals surface area contributed by atoms with Crippen molar-refractivity contribution in [2.24, 2.45) is 0 Å². The molecule has 0 heterocycles. The molecule has 0 bridgehead atoms. The number of anilines is 1. The molecule has 2 aromatic rings. The first-order valence-electron chi connectivity index (χ1n) is 6.64. The highest BCUT2D eigenvalue weighted by atomic mass is 79.9. The zero-order chi connectivity index (χ0) is 15.1. The average molecular weight is 354 g/mol. The van der Waals surface area contributed by atoms with E-state index in [1.165, 1.54) is 6.07 Å². The summed E-state index contributed by atoms with van der Waals surface area (Å²) in [7, 11) is 0. The van der Waals surface area contributed by atoms with Crippen LogP contribution in [0.5, 0.6) is 0 Å². The van der Waals surface area contributed by atoms with Gasteiger partial charge >= 0.3 is 0 Å². The largest absolute Gasteiger partial charge is 0.389 e. The minimum atomic E-state index is -0.708. The first-order chi connectivity index (χ1) is 10.2. The van der Waals surface area contributed by atoms with Gasteiger partial charge in [0.1, 0.15) is 5.82 Å². The van der Waals surface area contributed by atoms with Gasteiger partial charge in [0, 0.05) is 11.0 Å². The van der Waals surface area contributed by atoms with Crippen LogP contribution in [-0.2, 0) is 11.3 Å². The molecule has 0 amide bonds. The van der Waals surface area contributed by atoms with E-state index in [0.29, 0.717) is 16.8 Å². The summed E-state index contributed by atoms with van der Waals surface area (Å²) in [6, 6.07) is 14.5. The van der Waals surface area contributed by atoms with Gasteiger partial charge in [-0.15, -0.1) is 0 Å². The molecule has 3 nitrogen and oxygen atoms in total. The Bertz CT molecular complexity index is 545. The lowest BCUT2D eigenvalue weighted by atomic mass is 10.2. The molecule has 21 heavy (non-hydrogen) atoms. The van der Waals surface area contributed by atoms with E-state index in [9.17, 15) is 9.50 Å². The molecule has 1 unspecified atom stereocenters. The fourth-order valence-electron chi connectivity index (χ4n) is 1.83. The van der Waals surface area contributed by atoms with Gasteiger partial charge in [0.05, 0.1) is 25.0 Å². The smallest absolute Gasteiger partial charge is 0.147 e. The maximum atomic E-state index is 13.6. The van der Waals surface area contributed by atoms with Gasteiger partial charge in [0.25, 0.3) is 0 Å². The van der Waals surface area contributed by atoms with E-state index in [1.54, 1.807) is 12.1 Å². The SMILES string of the molecule is OC(CNc1c(F)cccc1Br)COCc1ccccc1. The van der Waals surface area contributed by atoms with Crippen LogP contribution in [0.2, 0.25) is 0 Å². The molecule has 0 saturated carbocycles. The summed E-state index contributed by atoms with van der Waals surface area (Å²) in [4.78, 5) is 0. The van der Waals surface area contributed by atoms with E-state index in [4.69, 9.17) is 4.74 Å². The molecular weight excluding hydrogens is 337 g/mol. The first-order valence-corrected chi connectivity index (χ1v) is 7.43. The topological polar surface area (TPSA) is 41.5 Å². The molecule has 0 spiro atoms. The molecule has 0 aromatic heterocycles. The Morgan fingerprint density at radius 1 is 1.14 bits per heavy atom. The normalized spacial score (nSPS) is 12.1. The van der Waals surface area contributed by atoms with Crippen molar-refractivity contribution in [3.05, 3.63) is 64.4 Å². The molecule has 2 rings (SSSR count). The predicted octanol–water partition coefficient (Wildman–Crippen LogP) is 3.58. The first kappa shape index (κ1) is 15.9.